The number of hydrogen-bond acceptors (Lipinski definition) is 3. The van der Waals surface area contributed by atoms with E-state index in [1.807, 2.05) is 24.3 Å². The van der Waals surface area contributed by atoms with Gasteiger partial charge in [0.2, 0.25) is 0 Å². The summed E-state index contributed by atoms with van der Waals surface area (Å²) >= 11 is 0. The number of nitrogens with zero attached hydrogens (tertiary/aromatic N) is 2. The largest absolute Gasteiger partial charge is 0.326 e. The summed E-state index contributed by atoms with van der Waals surface area (Å²) in [6.45, 7) is 4.85. The number of carbonyl (C=O) groups is 1. The number of Topliss-reactive ketones (excluding diaryl/α,β-unsaturated/α-hetero) is 1. The summed E-state index contributed by atoms with van der Waals surface area (Å²) in [5.41, 5.74) is 11.0. The maximum atomic E-state index is 11.4. The molecule has 0 spiro atoms. The normalized spacial score (nSPS) is 11.1. The summed E-state index contributed by atoms with van der Waals surface area (Å²) in [6.07, 6.45) is 0.507. The van der Waals surface area contributed by atoms with Crippen molar-refractivity contribution in [2.24, 2.45) is 5.73 Å². The van der Waals surface area contributed by atoms with Gasteiger partial charge >= 0.3 is 0 Å². The van der Waals surface area contributed by atoms with Gasteiger partial charge in [-0.3, -0.25) is 4.79 Å². The molecule has 0 bridgehead atoms. The maximum absolute atomic E-state index is 11.4. The van der Waals surface area contributed by atoms with Crippen molar-refractivity contribution in [2.75, 3.05) is 0 Å². The van der Waals surface area contributed by atoms with Crippen LogP contribution in [0, 0.1) is 6.92 Å². The summed E-state index contributed by atoms with van der Waals surface area (Å²) in [7, 11) is 0. The Labute approximate surface area is 136 Å². The lowest BCUT2D eigenvalue weighted by Crippen LogP contribution is -2.04. The second-order valence-corrected chi connectivity index (χ2v) is 5.93. The van der Waals surface area contributed by atoms with Crippen molar-refractivity contribution in [3.05, 3.63) is 53.6 Å². The number of aryl methyl sites for hydroxylation is 2. The molecule has 0 aliphatic rings. The summed E-state index contributed by atoms with van der Waals surface area (Å²) in [5.74, 6) is 1.08. The predicted octanol–water partition coefficient (Wildman–Crippen LogP) is 3.45. The second kappa shape index (κ2) is 6.34. The molecule has 1 aromatic heterocycles. The Hall–Kier alpha value is -2.46. The molecule has 0 atom stereocenters. The number of carbonyl (C=O) groups excluding carboxylic acids is 1. The van der Waals surface area contributed by atoms with Crippen LogP contribution in [0.4, 0.5) is 0 Å². The molecule has 1 heterocycles. The fraction of sp³-hybridized carbons (Fsp3) is 0.263. The molecule has 0 aliphatic heterocycles. The number of hydrogen-bond donors (Lipinski definition) is 1. The molecule has 4 heteroatoms. The first-order valence-corrected chi connectivity index (χ1v) is 7.84. The number of aromatic nitrogens is 2. The van der Waals surface area contributed by atoms with Crippen LogP contribution in [0.3, 0.4) is 0 Å². The lowest BCUT2D eigenvalue weighted by atomic mass is 10.1. The van der Waals surface area contributed by atoms with Gasteiger partial charge in [-0.25, -0.2) is 4.98 Å². The highest BCUT2D eigenvalue weighted by atomic mass is 16.1. The maximum Gasteiger partial charge on any atom is 0.141 e. The highest BCUT2D eigenvalue weighted by molar-refractivity contribution is 5.82. The quantitative estimate of drug-likeness (QED) is 0.785. The van der Waals surface area contributed by atoms with Crippen molar-refractivity contribution in [3.8, 4) is 11.4 Å². The number of imidazole rings is 1. The molecule has 2 aromatic carbocycles. The van der Waals surface area contributed by atoms with E-state index in [1.54, 1.807) is 6.92 Å². The van der Waals surface area contributed by atoms with Crippen molar-refractivity contribution in [2.45, 2.75) is 33.4 Å². The van der Waals surface area contributed by atoms with Gasteiger partial charge in [0.15, 0.2) is 0 Å². The van der Waals surface area contributed by atoms with Gasteiger partial charge in [0, 0.05) is 25.1 Å². The molecule has 3 aromatic rings. The van der Waals surface area contributed by atoms with Gasteiger partial charge in [-0.05, 0) is 37.1 Å². The molecule has 4 nitrogen and oxygen atoms in total. The lowest BCUT2D eigenvalue weighted by molar-refractivity contribution is -0.117. The van der Waals surface area contributed by atoms with E-state index in [0.29, 0.717) is 19.5 Å². The van der Waals surface area contributed by atoms with Crippen molar-refractivity contribution < 1.29 is 4.79 Å². The molecule has 2 N–H and O–H groups in total. The van der Waals surface area contributed by atoms with E-state index < -0.39 is 0 Å². The SMILES string of the molecule is CC(=O)CCn1c(-c2ccc(CN)cc2)nc2cc(C)ccc21. The second-order valence-electron chi connectivity index (χ2n) is 5.93. The van der Waals surface area contributed by atoms with Crippen LogP contribution >= 0.6 is 0 Å². The third-order valence-corrected chi connectivity index (χ3v) is 4.04. The van der Waals surface area contributed by atoms with Crippen LogP contribution in [0.2, 0.25) is 0 Å². The zero-order valence-corrected chi connectivity index (χ0v) is 13.5. The van der Waals surface area contributed by atoms with Crippen molar-refractivity contribution in [1.82, 2.24) is 9.55 Å². The third-order valence-electron chi connectivity index (χ3n) is 4.04. The van der Waals surface area contributed by atoms with Crippen LogP contribution in [0.15, 0.2) is 42.5 Å². The Kier molecular flexibility index (Phi) is 4.26. The molecule has 3 rings (SSSR count). The first-order valence-electron chi connectivity index (χ1n) is 7.84. The molecular formula is C19H21N3O. The van der Waals surface area contributed by atoms with Gasteiger partial charge in [-0.1, -0.05) is 30.3 Å². The zero-order valence-electron chi connectivity index (χ0n) is 13.5. The molecule has 0 fully saturated rings. The van der Waals surface area contributed by atoms with E-state index in [9.17, 15) is 4.79 Å². The zero-order chi connectivity index (χ0) is 16.4. The van der Waals surface area contributed by atoms with E-state index in [-0.39, 0.29) is 5.78 Å². The van der Waals surface area contributed by atoms with Crippen LogP contribution < -0.4 is 5.73 Å². The van der Waals surface area contributed by atoms with E-state index in [0.717, 1.165) is 28.0 Å². The average molecular weight is 307 g/mol. The van der Waals surface area contributed by atoms with Crippen molar-refractivity contribution >= 4 is 16.8 Å². The first kappa shape index (κ1) is 15.4. The standard InChI is InChI=1S/C19H21N3O/c1-13-3-8-18-17(11-13)21-19(22(18)10-9-14(2)23)16-6-4-15(12-20)5-7-16/h3-8,11H,9-10,12,20H2,1-2H3. The minimum absolute atomic E-state index is 0.184. The molecule has 0 aliphatic carbocycles. The van der Waals surface area contributed by atoms with Crippen LogP contribution in [0.5, 0.6) is 0 Å². The van der Waals surface area contributed by atoms with Crippen LogP contribution in [-0.2, 0) is 17.9 Å². The summed E-state index contributed by atoms with van der Waals surface area (Å²) in [5, 5.41) is 0. The predicted molar refractivity (Wildman–Crippen MR) is 93.1 cm³/mol. The molecule has 0 radical (unpaired) electrons. The summed E-state index contributed by atoms with van der Waals surface area (Å²) in [6, 6.07) is 14.4. The topological polar surface area (TPSA) is 60.9 Å². The summed E-state index contributed by atoms with van der Waals surface area (Å²) in [4.78, 5) is 16.2. The van der Waals surface area contributed by atoms with Crippen LogP contribution in [0.1, 0.15) is 24.5 Å². The van der Waals surface area contributed by atoms with Gasteiger partial charge in [0.1, 0.15) is 11.6 Å². The van der Waals surface area contributed by atoms with E-state index in [2.05, 4.69) is 29.7 Å². The minimum atomic E-state index is 0.184. The van der Waals surface area contributed by atoms with E-state index >= 15 is 0 Å². The van der Waals surface area contributed by atoms with Gasteiger partial charge < -0.3 is 10.3 Å². The van der Waals surface area contributed by atoms with Crippen molar-refractivity contribution in [1.29, 1.82) is 0 Å². The minimum Gasteiger partial charge on any atom is -0.326 e. The average Bonchev–Trinajstić information content (AvgIpc) is 2.90. The Bertz CT molecular complexity index is 847. The Morgan fingerprint density at radius 3 is 2.57 bits per heavy atom. The van der Waals surface area contributed by atoms with Gasteiger partial charge in [0.25, 0.3) is 0 Å². The van der Waals surface area contributed by atoms with E-state index in [4.69, 9.17) is 10.7 Å². The summed E-state index contributed by atoms with van der Waals surface area (Å²) < 4.78 is 2.13. The molecule has 0 saturated heterocycles. The Balaban J connectivity index is 2.12. The van der Waals surface area contributed by atoms with Crippen LogP contribution in [0.25, 0.3) is 22.4 Å². The van der Waals surface area contributed by atoms with E-state index in [1.165, 1.54) is 5.56 Å². The fourth-order valence-corrected chi connectivity index (χ4v) is 2.75. The molecular weight excluding hydrogens is 286 g/mol. The number of fused-ring (bicyclic) bond motifs is 1. The van der Waals surface area contributed by atoms with Gasteiger partial charge in [-0.2, -0.15) is 0 Å². The first-order chi connectivity index (χ1) is 11.1. The number of ketones is 1. The smallest absolute Gasteiger partial charge is 0.141 e. The molecule has 0 unspecified atom stereocenters. The Morgan fingerprint density at radius 2 is 1.91 bits per heavy atom. The highest BCUT2D eigenvalue weighted by Crippen LogP contribution is 2.26. The monoisotopic (exact) mass is 307 g/mol. The number of benzene rings is 2. The molecule has 0 saturated carbocycles. The highest BCUT2D eigenvalue weighted by Gasteiger charge is 2.13. The molecule has 0 amide bonds. The number of nitrogens with two attached hydrogens (primary N) is 1. The van der Waals surface area contributed by atoms with Gasteiger partial charge in [-0.15, -0.1) is 0 Å². The number of rotatable bonds is 5. The van der Waals surface area contributed by atoms with Crippen molar-refractivity contribution in [3.63, 3.8) is 0 Å². The molecule has 23 heavy (non-hydrogen) atoms. The van der Waals surface area contributed by atoms with Crippen LogP contribution in [-0.4, -0.2) is 15.3 Å². The Morgan fingerprint density at radius 1 is 1.17 bits per heavy atom. The molecule has 118 valence electrons. The fourth-order valence-electron chi connectivity index (χ4n) is 2.75. The van der Waals surface area contributed by atoms with Gasteiger partial charge in [0.05, 0.1) is 11.0 Å². The third kappa shape index (κ3) is 3.17. The lowest BCUT2D eigenvalue weighted by Gasteiger charge is -2.09.